The normalized spacial score (nSPS) is 22.6. The molecule has 2 nitrogen and oxygen atoms in total. The number of hydrogen-bond acceptors (Lipinski definition) is 2. The summed E-state index contributed by atoms with van der Waals surface area (Å²) in [6, 6.07) is 0. The van der Waals surface area contributed by atoms with E-state index < -0.39 is 0 Å². The van der Waals surface area contributed by atoms with E-state index in [1.54, 1.807) is 0 Å². The van der Waals surface area contributed by atoms with Crippen molar-refractivity contribution in [3.05, 3.63) is 0 Å². The molecule has 16 heavy (non-hydrogen) atoms. The zero-order valence-electron chi connectivity index (χ0n) is 10.4. The highest BCUT2D eigenvalue weighted by Gasteiger charge is 2.16. The molecule has 0 aromatic rings. The second-order valence-electron chi connectivity index (χ2n) is 4.55. The smallest absolute Gasteiger partial charge is 0.157 e. The van der Waals surface area contributed by atoms with E-state index in [1.165, 1.54) is 25.7 Å². The molecule has 2 atom stereocenters. The molecule has 0 aromatic carbocycles. The Morgan fingerprint density at radius 3 is 2.94 bits per heavy atom. The molecular weight excluding hydrogens is 200 g/mol. The molecule has 2 unspecified atom stereocenters. The molecule has 0 saturated carbocycles. The molecule has 0 bridgehead atoms. The van der Waals surface area contributed by atoms with E-state index in [0.29, 0.717) is 6.10 Å². The van der Waals surface area contributed by atoms with Crippen LogP contribution in [-0.2, 0) is 9.47 Å². The lowest BCUT2D eigenvalue weighted by atomic mass is 10.1. The topological polar surface area (TPSA) is 18.5 Å². The number of unbranched alkanes of at least 4 members (excludes halogenated alkanes) is 3. The molecule has 1 fully saturated rings. The van der Waals surface area contributed by atoms with Crippen LogP contribution in [0, 0.1) is 12.3 Å². The standard InChI is InChI=1S/C14H24O2/c1-3-4-5-6-7-10-13(2)16-14-11-8-9-12-15-14/h1,13-14H,4-12H2,2H3. The van der Waals surface area contributed by atoms with Crippen LogP contribution in [0.2, 0.25) is 0 Å². The van der Waals surface area contributed by atoms with E-state index in [0.717, 1.165) is 32.3 Å². The third kappa shape index (κ3) is 6.15. The molecule has 0 aromatic heterocycles. The van der Waals surface area contributed by atoms with Crippen LogP contribution in [0.25, 0.3) is 0 Å². The van der Waals surface area contributed by atoms with Crippen LogP contribution in [0.3, 0.4) is 0 Å². The molecule has 1 aliphatic rings. The number of hydrogen-bond donors (Lipinski definition) is 0. The molecule has 1 saturated heterocycles. The summed E-state index contributed by atoms with van der Waals surface area (Å²) < 4.78 is 11.4. The number of rotatable bonds is 7. The first kappa shape index (κ1) is 13.5. The van der Waals surface area contributed by atoms with Crippen molar-refractivity contribution in [2.75, 3.05) is 6.61 Å². The molecule has 1 rings (SSSR count). The Morgan fingerprint density at radius 2 is 2.25 bits per heavy atom. The second-order valence-corrected chi connectivity index (χ2v) is 4.55. The van der Waals surface area contributed by atoms with E-state index in [1.807, 2.05) is 0 Å². The summed E-state index contributed by atoms with van der Waals surface area (Å²) in [7, 11) is 0. The van der Waals surface area contributed by atoms with E-state index in [9.17, 15) is 0 Å². The Balaban J connectivity index is 1.97. The highest BCUT2D eigenvalue weighted by molar-refractivity contribution is 4.82. The Hall–Kier alpha value is -0.520. The van der Waals surface area contributed by atoms with E-state index in [2.05, 4.69) is 12.8 Å². The van der Waals surface area contributed by atoms with Gasteiger partial charge in [-0.1, -0.05) is 12.8 Å². The fourth-order valence-corrected chi connectivity index (χ4v) is 1.98. The zero-order chi connectivity index (χ0) is 11.6. The number of ether oxygens (including phenoxy) is 2. The monoisotopic (exact) mass is 224 g/mol. The van der Waals surface area contributed by atoms with Gasteiger partial charge < -0.3 is 9.47 Å². The number of terminal acetylenes is 1. The predicted molar refractivity (Wildman–Crippen MR) is 66.1 cm³/mol. The van der Waals surface area contributed by atoms with Gasteiger partial charge in [-0.3, -0.25) is 0 Å². The van der Waals surface area contributed by atoms with Crippen LogP contribution in [0.5, 0.6) is 0 Å². The lowest BCUT2D eigenvalue weighted by molar-refractivity contribution is -0.185. The first-order valence-corrected chi connectivity index (χ1v) is 6.53. The minimum Gasteiger partial charge on any atom is -0.353 e. The van der Waals surface area contributed by atoms with Crippen molar-refractivity contribution >= 4 is 0 Å². The van der Waals surface area contributed by atoms with Crippen LogP contribution in [-0.4, -0.2) is 19.0 Å². The lowest BCUT2D eigenvalue weighted by Gasteiger charge is -2.26. The van der Waals surface area contributed by atoms with Crippen molar-refractivity contribution in [1.82, 2.24) is 0 Å². The lowest BCUT2D eigenvalue weighted by Crippen LogP contribution is -2.26. The minimum absolute atomic E-state index is 0.0504. The van der Waals surface area contributed by atoms with E-state index in [-0.39, 0.29) is 6.29 Å². The molecule has 0 spiro atoms. The summed E-state index contributed by atoms with van der Waals surface area (Å²) >= 11 is 0. The molecular formula is C14H24O2. The van der Waals surface area contributed by atoms with Crippen LogP contribution >= 0.6 is 0 Å². The predicted octanol–water partition coefficient (Wildman–Crippen LogP) is 3.50. The van der Waals surface area contributed by atoms with Gasteiger partial charge in [0.1, 0.15) is 0 Å². The summed E-state index contributed by atoms with van der Waals surface area (Å²) in [5, 5.41) is 0. The van der Waals surface area contributed by atoms with Gasteiger partial charge in [-0.25, -0.2) is 0 Å². The molecule has 92 valence electrons. The Morgan fingerprint density at radius 1 is 1.38 bits per heavy atom. The van der Waals surface area contributed by atoms with Gasteiger partial charge in [-0.2, -0.15) is 0 Å². The molecule has 0 aliphatic carbocycles. The van der Waals surface area contributed by atoms with E-state index >= 15 is 0 Å². The Bertz CT molecular complexity index is 201. The Kier molecular flexibility index (Phi) is 7.29. The fourth-order valence-electron chi connectivity index (χ4n) is 1.98. The third-order valence-corrected chi connectivity index (χ3v) is 2.95. The summed E-state index contributed by atoms with van der Waals surface area (Å²) in [5.74, 6) is 2.67. The molecule has 1 aliphatic heterocycles. The summed E-state index contributed by atoms with van der Waals surface area (Å²) in [6.07, 6.45) is 14.6. The summed E-state index contributed by atoms with van der Waals surface area (Å²) in [6.45, 7) is 3.00. The van der Waals surface area contributed by atoms with Crippen molar-refractivity contribution in [3.8, 4) is 12.3 Å². The quantitative estimate of drug-likeness (QED) is 0.487. The van der Waals surface area contributed by atoms with Crippen LogP contribution < -0.4 is 0 Å². The van der Waals surface area contributed by atoms with Gasteiger partial charge in [0, 0.05) is 13.0 Å². The van der Waals surface area contributed by atoms with Crippen molar-refractivity contribution < 1.29 is 9.47 Å². The summed E-state index contributed by atoms with van der Waals surface area (Å²) in [5.41, 5.74) is 0. The van der Waals surface area contributed by atoms with Gasteiger partial charge in [0.15, 0.2) is 6.29 Å². The molecule has 1 heterocycles. The van der Waals surface area contributed by atoms with Gasteiger partial charge in [0.05, 0.1) is 6.10 Å². The largest absolute Gasteiger partial charge is 0.353 e. The highest BCUT2D eigenvalue weighted by Crippen LogP contribution is 2.17. The zero-order valence-corrected chi connectivity index (χ0v) is 10.4. The Labute approximate surface area is 99.7 Å². The highest BCUT2D eigenvalue weighted by atomic mass is 16.7. The van der Waals surface area contributed by atoms with Crippen LogP contribution in [0.4, 0.5) is 0 Å². The third-order valence-electron chi connectivity index (χ3n) is 2.95. The first-order valence-electron chi connectivity index (χ1n) is 6.53. The van der Waals surface area contributed by atoms with Gasteiger partial charge >= 0.3 is 0 Å². The van der Waals surface area contributed by atoms with Crippen molar-refractivity contribution in [3.63, 3.8) is 0 Å². The average Bonchev–Trinajstić information content (AvgIpc) is 2.30. The van der Waals surface area contributed by atoms with Gasteiger partial charge in [0.25, 0.3) is 0 Å². The van der Waals surface area contributed by atoms with Gasteiger partial charge in [0.2, 0.25) is 0 Å². The van der Waals surface area contributed by atoms with Gasteiger partial charge in [-0.05, 0) is 39.0 Å². The molecule has 0 N–H and O–H groups in total. The maximum atomic E-state index is 5.84. The maximum absolute atomic E-state index is 5.84. The van der Waals surface area contributed by atoms with Crippen molar-refractivity contribution in [1.29, 1.82) is 0 Å². The van der Waals surface area contributed by atoms with Crippen LogP contribution in [0.15, 0.2) is 0 Å². The van der Waals surface area contributed by atoms with E-state index in [4.69, 9.17) is 15.9 Å². The van der Waals surface area contributed by atoms with Crippen molar-refractivity contribution in [2.45, 2.75) is 70.7 Å². The minimum atomic E-state index is 0.0504. The SMILES string of the molecule is C#CCCCCCC(C)OC1CCCCO1. The second kappa shape index (κ2) is 8.61. The van der Waals surface area contributed by atoms with Gasteiger partial charge in [-0.15, -0.1) is 12.3 Å². The summed E-state index contributed by atoms with van der Waals surface area (Å²) in [4.78, 5) is 0. The first-order chi connectivity index (χ1) is 7.83. The molecule has 2 heteroatoms. The van der Waals surface area contributed by atoms with Crippen molar-refractivity contribution in [2.24, 2.45) is 0 Å². The average molecular weight is 224 g/mol. The molecule has 0 amide bonds. The fraction of sp³-hybridized carbons (Fsp3) is 0.857. The van der Waals surface area contributed by atoms with Crippen LogP contribution in [0.1, 0.15) is 58.3 Å². The molecule has 0 radical (unpaired) electrons. The maximum Gasteiger partial charge on any atom is 0.157 e.